The Kier molecular flexibility index (Phi) is 7.67. The van der Waals surface area contributed by atoms with Crippen molar-refractivity contribution in [2.75, 3.05) is 0 Å². The van der Waals surface area contributed by atoms with Gasteiger partial charge in [0.25, 0.3) is 0 Å². The van der Waals surface area contributed by atoms with Crippen molar-refractivity contribution in [3.63, 3.8) is 0 Å². The first-order valence-corrected chi connectivity index (χ1v) is 5.97. The Morgan fingerprint density at radius 3 is 2.25 bits per heavy atom. The Hall–Kier alpha value is -2.98. The highest BCUT2D eigenvalue weighted by Crippen LogP contribution is 2.29. The summed E-state index contributed by atoms with van der Waals surface area (Å²) in [5.41, 5.74) is -0.133. The zero-order valence-electron chi connectivity index (χ0n) is 11.6. The quantitative estimate of drug-likeness (QED) is 0.665. The molecule has 4 nitrogen and oxygen atoms in total. The number of rotatable bonds is 4. The Balaban J connectivity index is 0.00000172. The molecule has 0 atom stereocenters. The molecule has 0 radical (unpaired) electrons. The van der Waals surface area contributed by atoms with E-state index >= 15 is 0 Å². The van der Waals surface area contributed by atoms with E-state index in [1.807, 2.05) is 19.9 Å². The lowest BCUT2D eigenvalue weighted by atomic mass is 10.1. The monoisotopic (exact) mass is 268 g/mol. The molecule has 0 aromatic heterocycles. The molecule has 0 saturated heterocycles. The van der Waals surface area contributed by atoms with Crippen molar-refractivity contribution in [1.29, 1.82) is 10.5 Å². The van der Waals surface area contributed by atoms with Crippen LogP contribution in [0.3, 0.4) is 0 Å². The van der Waals surface area contributed by atoms with Crippen LogP contribution >= 0.6 is 0 Å². The average molecular weight is 268 g/mol. The molecule has 1 rings (SSSR count). The lowest BCUT2D eigenvalue weighted by molar-refractivity contribution is 0.437. The molecule has 0 fully saturated rings. The van der Waals surface area contributed by atoms with Crippen molar-refractivity contribution in [2.24, 2.45) is 0 Å². The molecule has 0 unspecified atom stereocenters. The standard InChI is InChI=1S/C14H10N2O2.C2H6/c1-3-5-10(4-2)18-14-7-6-13(17)11(8-15)12(14)9-16;1-2/h3-7,17H,1-2H2;1-2H3/b10-5+;. The highest BCUT2D eigenvalue weighted by molar-refractivity contribution is 5.60. The summed E-state index contributed by atoms with van der Waals surface area (Å²) in [5.74, 6) is 0.310. The van der Waals surface area contributed by atoms with Gasteiger partial charge in [-0.3, -0.25) is 0 Å². The summed E-state index contributed by atoms with van der Waals surface area (Å²) in [5, 5.41) is 27.4. The van der Waals surface area contributed by atoms with E-state index in [9.17, 15) is 5.11 Å². The number of benzene rings is 1. The van der Waals surface area contributed by atoms with Crippen LogP contribution in [0.2, 0.25) is 0 Å². The van der Waals surface area contributed by atoms with Gasteiger partial charge in [-0.2, -0.15) is 10.5 Å². The van der Waals surface area contributed by atoms with Gasteiger partial charge in [-0.25, -0.2) is 0 Å². The van der Waals surface area contributed by atoms with Gasteiger partial charge in [-0.1, -0.05) is 33.1 Å². The van der Waals surface area contributed by atoms with Gasteiger partial charge in [0.1, 0.15) is 40.5 Å². The van der Waals surface area contributed by atoms with Crippen molar-refractivity contribution in [3.05, 3.63) is 60.4 Å². The highest BCUT2D eigenvalue weighted by atomic mass is 16.5. The van der Waals surface area contributed by atoms with E-state index in [1.54, 1.807) is 12.1 Å². The van der Waals surface area contributed by atoms with Crippen LogP contribution in [0.15, 0.2) is 49.3 Å². The van der Waals surface area contributed by atoms with E-state index in [2.05, 4.69) is 13.2 Å². The molecule has 0 saturated carbocycles. The first kappa shape index (κ1) is 17.0. The minimum Gasteiger partial charge on any atom is -0.507 e. The number of aromatic hydroxyl groups is 1. The van der Waals surface area contributed by atoms with E-state index in [1.165, 1.54) is 24.3 Å². The summed E-state index contributed by atoms with van der Waals surface area (Å²) in [6.45, 7) is 11.1. The Bertz CT molecular complexity index is 602. The van der Waals surface area contributed by atoms with Crippen molar-refractivity contribution < 1.29 is 9.84 Å². The second kappa shape index (κ2) is 9.02. The molecular formula is C16H16N2O2. The summed E-state index contributed by atoms with van der Waals surface area (Å²) in [4.78, 5) is 0. The SMILES string of the molecule is C=C/C=C(\C=C)Oc1ccc(O)c(C#N)c1C#N.CC. The number of nitrogens with zero attached hydrogens (tertiary/aromatic N) is 2. The molecule has 0 bridgehead atoms. The summed E-state index contributed by atoms with van der Waals surface area (Å²) >= 11 is 0. The van der Waals surface area contributed by atoms with Crippen LogP contribution in [0, 0.1) is 22.7 Å². The molecule has 20 heavy (non-hydrogen) atoms. The molecule has 4 heteroatoms. The van der Waals surface area contributed by atoms with Gasteiger partial charge in [0.2, 0.25) is 0 Å². The normalized spacial score (nSPS) is 9.30. The highest BCUT2D eigenvalue weighted by Gasteiger charge is 2.14. The van der Waals surface area contributed by atoms with Gasteiger partial charge in [-0.15, -0.1) is 0 Å². The maximum absolute atomic E-state index is 9.46. The van der Waals surface area contributed by atoms with E-state index in [-0.39, 0.29) is 22.6 Å². The summed E-state index contributed by atoms with van der Waals surface area (Å²) in [7, 11) is 0. The van der Waals surface area contributed by atoms with Crippen molar-refractivity contribution in [3.8, 4) is 23.6 Å². The molecule has 0 spiro atoms. The van der Waals surface area contributed by atoms with Crippen LogP contribution < -0.4 is 4.74 Å². The average Bonchev–Trinajstić information content (AvgIpc) is 2.49. The number of allylic oxidation sites excluding steroid dienone is 3. The fourth-order valence-electron chi connectivity index (χ4n) is 1.27. The third kappa shape index (κ3) is 4.04. The van der Waals surface area contributed by atoms with Gasteiger partial charge in [0.05, 0.1) is 0 Å². The fourth-order valence-corrected chi connectivity index (χ4v) is 1.27. The predicted octanol–water partition coefficient (Wildman–Crippen LogP) is 3.80. The van der Waals surface area contributed by atoms with Crippen LogP contribution in [0.5, 0.6) is 11.5 Å². The zero-order chi connectivity index (χ0) is 15.5. The number of ether oxygens (including phenoxy) is 1. The summed E-state index contributed by atoms with van der Waals surface area (Å²) < 4.78 is 5.41. The second-order valence-corrected chi connectivity index (χ2v) is 3.17. The minimum atomic E-state index is -0.255. The third-order valence-electron chi connectivity index (χ3n) is 2.08. The number of hydrogen-bond acceptors (Lipinski definition) is 4. The van der Waals surface area contributed by atoms with Crippen molar-refractivity contribution in [1.82, 2.24) is 0 Å². The molecular weight excluding hydrogens is 252 g/mol. The van der Waals surface area contributed by atoms with Gasteiger partial charge in [0.15, 0.2) is 0 Å². The molecule has 0 aliphatic rings. The molecule has 1 N–H and O–H groups in total. The van der Waals surface area contributed by atoms with E-state index in [0.717, 1.165) is 0 Å². The van der Waals surface area contributed by atoms with Crippen LogP contribution in [-0.4, -0.2) is 5.11 Å². The lowest BCUT2D eigenvalue weighted by Gasteiger charge is -2.09. The Morgan fingerprint density at radius 2 is 1.80 bits per heavy atom. The molecule has 0 aliphatic heterocycles. The number of hydrogen-bond donors (Lipinski definition) is 1. The van der Waals surface area contributed by atoms with E-state index < -0.39 is 0 Å². The molecule has 1 aromatic rings. The molecule has 0 amide bonds. The lowest BCUT2D eigenvalue weighted by Crippen LogP contribution is -1.96. The number of phenols is 1. The molecule has 102 valence electrons. The summed E-state index contributed by atoms with van der Waals surface area (Å²) in [6, 6.07) is 6.30. The Labute approximate surface area is 119 Å². The third-order valence-corrected chi connectivity index (χ3v) is 2.08. The predicted molar refractivity (Wildman–Crippen MR) is 78.0 cm³/mol. The molecule has 0 heterocycles. The first-order chi connectivity index (χ1) is 9.67. The molecule has 0 aliphatic carbocycles. The molecule has 1 aromatic carbocycles. The van der Waals surface area contributed by atoms with Crippen molar-refractivity contribution in [2.45, 2.75) is 13.8 Å². The zero-order valence-corrected chi connectivity index (χ0v) is 11.6. The van der Waals surface area contributed by atoms with Crippen LogP contribution in [-0.2, 0) is 0 Å². The van der Waals surface area contributed by atoms with E-state index in [0.29, 0.717) is 5.76 Å². The van der Waals surface area contributed by atoms with Crippen LogP contribution in [0.25, 0.3) is 0 Å². The second-order valence-electron chi connectivity index (χ2n) is 3.17. The van der Waals surface area contributed by atoms with E-state index in [4.69, 9.17) is 15.3 Å². The maximum Gasteiger partial charge on any atom is 0.146 e. The Morgan fingerprint density at radius 1 is 1.20 bits per heavy atom. The fraction of sp³-hybridized carbons (Fsp3) is 0.125. The number of phenolic OH excluding ortho intramolecular Hbond substituents is 1. The first-order valence-electron chi connectivity index (χ1n) is 5.97. The maximum atomic E-state index is 9.46. The number of nitriles is 2. The largest absolute Gasteiger partial charge is 0.507 e. The van der Waals surface area contributed by atoms with Gasteiger partial charge in [0, 0.05) is 0 Å². The van der Waals surface area contributed by atoms with Crippen molar-refractivity contribution >= 4 is 0 Å². The minimum absolute atomic E-state index is 0.0192. The van der Waals surface area contributed by atoms with Gasteiger partial charge >= 0.3 is 0 Å². The van der Waals surface area contributed by atoms with Crippen LogP contribution in [0.4, 0.5) is 0 Å². The van der Waals surface area contributed by atoms with Gasteiger partial charge in [-0.05, 0) is 24.3 Å². The summed E-state index contributed by atoms with van der Waals surface area (Å²) in [6.07, 6.45) is 4.52. The van der Waals surface area contributed by atoms with Crippen LogP contribution in [0.1, 0.15) is 25.0 Å². The van der Waals surface area contributed by atoms with Gasteiger partial charge < -0.3 is 9.84 Å². The topological polar surface area (TPSA) is 77.0 Å². The smallest absolute Gasteiger partial charge is 0.146 e.